The summed E-state index contributed by atoms with van der Waals surface area (Å²) in [5, 5.41) is 9.68. The third kappa shape index (κ3) is 15.9. The number of hydrogen-bond donors (Lipinski definition) is 2. The molecule has 0 aromatic rings. The Balaban J connectivity index is 3.17. The van der Waals surface area contributed by atoms with Gasteiger partial charge in [0, 0.05) is 0 Å². The van der Waals surface area contributed by atoms with Gasteiger partial charge in [0.2, 0.25) is 0 Å². The summed E-state index contributed by atoms with van der Waals surface area (Å²) in [6.45, 7) is 2.14. The van der Waals surface area contributed by atoms with Gasteiger partial charge in [-0.15, -0.1) is 0 Å². The molecule has 0 aliphatic heterocycles. The lowest BCUT2D eigenvalue weighted by Gasteiger charge is -2.09. The van der Waals surface area contributed by atoms with Crippen LogP contribution >= 0.6 is 0 Å². The van der Waals surface area contributed by atoms with Gasteiger partial charge in [0.05, 0.1) is 11.9 Å². The van der Waals surface area contributed by atoms with Gasteiger partial charge in [0.25, 0.3) is 10.1 Å². The molecule has 0 fully saturated rings. The first-order chi connectivity index (χ1) is 9.45. The van der Waals surface area contributed by atoms with Crippen molar-refractivity contribution in [2.75, 3.05) is 5.75 Å². The van der Waals surface area contributed by atoms with Crippen LogP contribution in [0.5, 0.6) is 0 Å². The normalized spacial score (nSPS) is 13.6. The summed E-state index contributed by atoms with van der Waals surface area (Å²) in [6.07, 6.45) is 12.3. The summed E-state index contributed by atoms with van der Waals surface area (Å²) in [5.74, 6) is -0.108. The fourth-order valence-electron chi connectivity index (χ4n) is 2.31. The van der Waals surface area contributed by atoms with Gasteiger partial charge in [-0.05, 0) is 19.3 Å². The zero-order chi connectivity index (χ0) is 15.3. The van der Waals surface area contributed by atoms with Gasteiger partial charge in [0.15, 0.2) is 0 Å². The van der Waals surface area contributed by atoms with E-state index in [4.69, 9.17) is 4.55 Å². The number of unbranched alkanes of at least 4 members (excludes halogenated alkanes) is 8. The van der Waals surface area contributed by atoms with Gasteiger partial charge in [-0.2, -0.15) is 8.42 Å². The minimum atomic E-state index is -3.77. The lowest BCUT2D eigenvalue weighted by atomic mass is 10.0. The molecule has 0 saturated heterocycles. The van der Waals surface area contributed by atoms with Crippen LogP contribution in [0, 0.1) is 0 Å². The van der Waals surface area contributed by atoms with E-state index in [1.165, 1.54) is 19.3 Å². The van der Waals surface area contributed by atoms with Crippen molar-refractivity contribution in [3.63, 3.8) is 0 Å². The van der Waals surface area contributed by atoms with Crippen LogP contribution in [0.4, 0.5) is 0 Å². The molecule has 0 aliphatic carbocycles. The molecule has 0 aromatic carbocycles. The molecule has 20 heavy (non-hydrogen) atoms. The van der Waals surface area contributed by atoms with Crippen LogP contribution in [-0.2, 0) is 10.1 Å². The molecule has 0 aliphatic rings. The topological polar surface area (TPSA) is 74.6 Å². The van der Waals surface area contributed by atoms with Gasteiger partial charge in [-0.25, -0.2) is 0 Å². The summed E-state index contributed by atoms with van der Waals surface area (Å²) in [5.41, 5.74) is 0. The van der Waals surface area contributed by atoms with Crippen LogP contribution in [-0.4, -0.2) is 29.9 Å². The van der Waals surface area contributed by atoms with Crippen LogP contribution < -0.4 is 0 Å². The Morgan fingerprint density at radius 3 is 1.75 bits per heavy atom. The van der Waals surface area contributed by atoms with E-state index in [0.717, 1.165) is 51.4 Å². The van der Waals surface area contributed by atoms with Crippen LogP contribution in [0.15, 0.2) is 0 Å². The average Bonchev–Trinajstić information content (AvgIpc) is 2.37. The summed E-state index contributed by atoms with van der Waals surface area (Å²) >= 11 is 0. The standard InChI is InChI=1S/C15H32O4S/c1-2-3-12-15(16)13-10-8-6-4-5-7-9-11-14-20(17,18)19/h15-16H,2-14H2,1H3,(H,17,18,19). The van der Waals surface area contributed by atoms with Crippen LogP contribution in [0.2, 0.25) is 0 Å². The molecule has 0 bridgehead atoms. The van der Waals surface area contributed by atoms with E-state index >= 15 is 0 Å². The number of hydrogen-bond acceptors (Lipinski definition) is 3. The SMILES string of the molecule is CCCCC(O)CCCCCCCCCCS(=O)(=O)O. The molecular formula is C15H32O4S. The summed E-state index contributed by atoms with van der Waals surface area (Å²) < 4.78 is 29.6. The smallest absolute Gasteiger partial charge is 0.264 e. The highest BCUT2D eigenvalue weighted by atomic mass is 32.2. The Bertz CT molecular complexity index is 301. The van der Waals surface area contributed by atoms with Gasteiger partial charge in [-0.3, -0.25) is 4.55 Å². The highest BCUT2D eigenvalue weighted by Crippen LogP contribution is 2.13. The Morgan fingerprint density at radius 1 is 0.800 bits per heavy atom. The number of aliphatic hydroxyl groups excluding tert-OH is 1. The van der Waals surface area contributed by atoms with Crippen molar-refractivity contribution in [3.8, 4) is 0 Å². The highest BCUT2D eigenvalue weighted by molar-refractivity contribution is 7.85. The second-order valence-electron chi connectivity index (χ2n) is 5.70. The quantitative estimate of drug-likeness (QED) is 0.376. The zero-order valence-corrected chi connectivity index (χ0v) is 13.7. The molecule has 4 nitrogen and oxygen atoms in total. The Morgan fingerprint density at radius 2 is 1.25 bits per heavy atom. The summed E-state index contributed by atoms with van der Waals surface area (Å²) in [6, 6.07) is 0. The van der Waals surface area contributed by atoms with E-state index in [1.807, 2.05) is 0 Å². The second kappa shape index (κ2) is 12.6. The lowest BCUT2D eigenvalue weighted by molar-refractivity contribution is 0.148. The van der Waals surface area contributed by atoms with Crippen molar-refractivity contribution in [2.24, 2.45) is 0 Å². The maximum atomic E-state index is 10.5. The minimum absolute atomic E-state index is 0.108. The predicted molar refractivity (Wildman–Crippen MR) is 83.5 cm³/mol. The van der Waals surface area contributed by atoms with E-state index in [0.29, 0.717) is 6.42 Å². The Hall–Kier alpha value is -0.130. The molecule has 0 radical (unpaired) electrons. The molecule has 5 heteroatoms. The first kappa shape index (κ1) is 19.9. The van der Waals surface area contributed by atoms with Crippen molar-refractivity contribution in [1.82, 2.24) is 0 Å². The van der Waals surface area contributed by atoms with E-state index in [-0.39, 0.29) is 11.9 Å². The van der Waals surface area contributed by atoms with Crippen LogP contribution in [0.25, 0.3) is 0 Å². The first-order valence-corrected chi connectivity index (χ1v) is 9.70. The van der Waals surface area contributed by atoms with Crippen LogP contribution in [0.3, 0.4) is 0 Å². The largest absolute Gasteiger partial charge is 0.393 e. The fourth-order valence-corrected chi connectivity index (χ4v) is 2.88. The monoisotopic (exact) mass is 308 g/mol. The maximum absolute atomic E-state index is 10.5. The van der Waals surface area contributed by atoms with E-state index in [2.05, 4.69) is 6.92 Å². The Labute approximate surface area is 124 Å². The average molecular weight is 308 g/mol. The first-order valence-electron chi connectivity index (χ1n) is 8.09. The van der Waals surface area contributed by atoms with Gasteiger partial charge >= 0.3 is 0 Å². The van der Waals surface area contributed by atoms with Crippen molar-refractivity contribution in [3.05, 3.63) is 0 Å². The number of aliphatic hydroxyl groups is 1. The predicted octanol–water partition coefficient (Wildman–Crippen LogP) is 3.94. The molecule has 122 valence electrons. The molecule has 0 saturated carbocycles. The maximum Gasteiger partial charge on any atom is 0.264 e. The van der Waals surface area contributed by atoms with E-state index in [1.54, 1.807) is 0 Å². The zero-order valence-electron chi connectivity index (χ0n) is 12.9. The molecule has 0 spiro atoms. The minimum Gasteiger partial charge on any atom is -0.393 e. The molecule has 0 rings (SSSR count). The number of rotatable bonds is 14. The summed E-state index contributed by atoms with van der Waals surface area (Å²) in [7, 11) is -3.77. The molecule has 0 aromatic heterocycles. The van der Waals surface area contributed by atoms with Gasteiger partial charge in [-0.1, -0.05) is 64.7 Å². The third-order valence-electron chi connectivity index (χ3n) is 3.58. The summed E-state index contributed by atoms with van der Waals surface area (Å²) in [4.78, 5) is 0. The third-order valence-corrected chi connectivity index (χ3v) is 4.39. The molecule has 1 atom stereocenters. The highest BCUT2D eigenvalue weighted by Gasteiger charge is 2.04. The van der Waals surface area contributed by atoms with Gasteiger partial charge in [0.1, 0.15) is 0 Å². The molecule has 0 amide bonds. The lowest BCUT2D eigenvalue weighted by Crippen LogP contribution is -2.05. The van der Waals surface area contributed by atoms with Crippen molar-refractivity contribution in [2.45, 2.75) is 90.1 Å². The van der Waals surface area contributed by atoms with Crippen LogP contribution in [0.1, 0.15) is 84.0 Å². The molecular weight excluding hydrogens is 276 g/mol. The van der Waals surface area contributed by atoms with Crippen molar-refractivity contribution >= 4 is 10.1 Å². The Kier molecular flexibility index (Phi) is 12.5. The second-order valence-corrected chi connectivity index (χ2v) is 7.27. The molecule has 2 N–H and O–H groups in total. The van der Waals surface area contributed by atoms with E-state index in [9.17, 15) is 13.5 Å². The van der Waals surface area contributed by atoms with Crippen molar-refractivity contribution < 1.29 is 18.1 Å². The molecule has 1 unspecified atom stereocenters. The molecule has 0 heterocycles. The van der Waals surface area contributed by atoms with Crippen molar-refractivity contribution in [1.29, 1.82) is 0 Å². The fraction of sp³-hybridized carbons (Fsp3) is 1.00. The van der Waals surface area contributed by atoms with E-state index < -0.39 is 10.1 Å². The van der Waals surface area contributed by atoms with Gasteiger partial charge < -0.3 is 5.11 Å².